The van der Waals surface area contributed by atoms with E-state index >= 15 is 0 Å². The summed E-state index contributed by atoms with van der Waals surface area (Å²) < 4.78 is 0. The molecule has 0 atom stereocenters. The van der Waals surface area contributed by atoms with Crippen molar-refractivity contribution >= 4 is 6.41 Å². The van der Waals surface area contributed by atoms with Gasteiger partial charge < -0.3 is 5.11 Å². The fourth-order valence-electron chi connectivity index (χ4n) is 0.168. The van der Waals surface area contributed by atoms with Crippen LogP contribution in [0.4, 0.5) is 0 Å². The van der Waals surface area contributed by atoms with Crippen molar-refractivity contribution in [2.45, 2.75) is 0 Å². The number of amides is 1. The lowest BCUT2D eigenvalue weighted by molar-refractivity contribution is -0.118. The third kappa shape index (κ3) is 3.21. The van der Waals surface area contributed by atoms with Crippen molar-refractivity contribution in [1.82, 2.24) is 5.01 Å². The molecule has 0 aliphatic rings. The molecule has 0 bridgehead atoms. The van der Waals surface area contributed by atoms with Crippen LogP contribution in [0.3, 0.4) is 0 Å². The van der Waals surface area contributed by atoms with Crippen molar-refractivity contribution < 1.29 is 9.90 Å². The second kappa shape index (κ2) is 3.58. The Labute approximate surface area is 41.5 Å². The van der Waals surface area contributed by atoms with E-state index in [1.807, 2.05) is 0 Å². The molecule has 0 unspecified atom stereocenters. The van der Waals surface area contributed by atoms with Gasteiger partial charge in [-0.15, -0.1) is 0 Å². The van der Waals surface area contributed by atoms with Gasteiger partial charge in [0.1, 0.15) is 0 Å². The van der Waals surface area contributed by atoms with E-state index < -0.39 is 0 Å². The van der Waals surface area contributed by atoms with Crippen LogP contribution in [-0.4, -0.2) is 29.7 Å². The van der Waals surface area contributed by atoms with Gasteiger partial charge in [0.15, 0.2) is 0 Å². The van der Waals surface area contributed by atoms with E-state index in [2.05, 4.69) is 0 Å². The van der Waals surface area contributed by atoms with Crippen LogP contribution in [-0.2, 0) is 4.79 Å². The Bertz CT molecular complexity index is 56.9. The van der Waals surface area contributed by atoms with Gasteiger partial charge in [0, 0.05) is 0 Å². The van der Waals surface area contributed by atoms with E-state index in [0.717, 1.165) is 5.01 Å². The Morgan fingerprint density at radius 2 is 2.43 bits per heavy atom. The normalized spacial score (nSPS) is 8.29. The van der Waals surface area contributed by atoms with Crippen LogP contribution >= 0.6 is 0 Å². The zero-order valence-electron chi connectivity index (χ0n) is 3.87. The minimum Gasteiger partial charge on any atom is -0.394 e. The molecule has 0 aromatic rings. The molecule has 0 saturated heterocycles. The first kappa shape index (κ1) is 6.39. The number of hydrogen-bond donors (Lipinski definition) is 2. The Hall–Kier alpha value is -0.610. The lowest BCUT2D eigenvalue weighted by atomic mass is 10.7. The molecule has 0 rings (SSSR count). The minimum absolute atomic E-state index is 0.0881. The molecule has 0 aromatic carbocycles. The number of hydrazine groups is 1. The summed E-state index contributed by atoms with van der Waals surface area (Å²) in [5.41, 5.74) is 0. The molecular formula is C3H8N2O2. The number of carbonyl (C=O) groups is 1. The number of rotatable bonds is 3. The third-order valence-corrected chi connectivity index (χ3v) is 0.494. The molecular weight excluding hydrogens is 96.0 g/mol. The van der Waals surface area contributed by atoms with Gasteiger partial charge in [-0.2, -0.15) is 0 Å². The molecule has 3 N–H and O–H groups in total. The van der Waals surface area contributed by atoms with Gasteiger partial charge in [-0.3, -0.25) is 9.80 Å². The lowest BCUT2D eigenvalue weighted by Gasteiger charge is -2.04. The summed E-state index contributed by atoms with van der Waals surface area (Å²) in [6, 6.07) is 0. The number of aliphatic hydroxyl groups excluding tert-OH is 1. The number of nitrogens with zero attached hydrogens (tertiary/aromatic N) is 1. The van der Waals surface area contributed by atoms with Gasteiger partial charge in [-0.05, 0) is 0 Å². The van der Waals surface area contributed by atoms with Crippen molar-refractivity contribution in [2.24, 2.45) is 5.84 Å². The summed E-state index contributed by atoms with van der Waals surface area (Å²) in [6.45, 7) is 0.110. The van der Waals surface area contributed by atoms with Crippen molar-refractivity contribution in [2.75, 3.05) is 13.2 Å². The molecule has 0 fully saturated rings. The van der Waals surface area contributed by atoms with E-state index in [-0.39, 0.29) is 13.2 Å². The molecule has 7 heavy (non-hydrogen) atoms. The molecule has 0 radical (unpaired) electrons. The van der Waals surface area contributed by atoms with E-state index in [0.29, 0.717) is 6.41 Å². The van der Waals surface area contributed by atoms with Crippen molar-refractivity contribution in [3.05, 3.63) is 0 Å². The number of aliphatic hydroxyl groups is 1. The van der Waals surface area contributed by atoms with Gasteiger partial charge in [0.2, 0.25) is 6.41 Å². The summed E-state index contributed by atoms with van der Waals surface area (Å²) in [7, 11) is 0. The Balaban J connectivity index is 2.98. The molecule has 0 aromatic heterocycles. The quantitative estimate of drug-likeness (QED) is 0.194. The highest BCUT2D eigenvalue weighted by Crippen LogP contribution is 1.63. The van der Waals surface area contributed by atoms with Gasteiger partial charge in [0.05, 0.1) is 13.2 Å². The molecule has 4 heteroatoms. The fourth-order valence-corrected chi connectivity index (χ4v) is 0.168. The Morgan fingerprint density at radius 3 is 2.57 bits per heavy atom. The highest BCUT2D eigenvalue weighted by Gasteiger charge is 1.86. The van der Waals surface area contributed by atoms with Crippen LogP contribution in [0.1, 0.15) is 0 Å². The average molecular weight is 104 g/mol. The van der Waals surface area contributed by atoms with Crippen molar-refractivity contribution in [3.63, 3.8) is 0 Å². The van der Waals surface area contributed by atoms with E-state index in [4.69, 9.17) is 10.9 Å². The minimum atomic E-state index is -0.0881. The van der Waals surface area contributed by atoms with Crippen LogP contribution in [0, 0.1) is 0 Å². The van der Waals surface area contributed by atoms with E-state index in [1.165, 1.54) is 0 Å². The second-order valence-electron chi connectivity index (χ2n) is 1.07. The average Bonchev–Trinajstić information content (AvgIpc) is 1.68. The van der Waals surface area contributed by atoms with Gasteiger partial charge >= 0.3 is 0 Å². The SMILES string of the molecule is NN(C=O)CCO. The van der Waals surface area contributed by atoms with Crippen LogP contribution < -0.4 is 5.84 Å². The molecule has 0 aliphatic carbocycles. The highest BCUT2D eigenvalue weighted by atomic mass is 16.3. The molecule has 0 saturated carbocycles. The number of nitrogens with two attached hydrogens (primary N) is 1. The smallest absolute Gasteiger partial charge is 0.223 e. The molecule has 4 nitrogen and oxygen atoms in total. The van der Waals surface area contributed by atoms with Gasteiger partial charge in [-0.1, -0.05) is 0 Å². The van der Waals surface area contributed by atoms with E-state index in [1.54, 1.807) is 0 Å². The number of hydrogen-bond acceptors (Lipinski definition) is 3. The summed E-state index contributed by atoms with van der Waals surface area (Å²) in [4.78, 5) is 9.58. The maximum Gasteiger partial charge on any atom is 0.223 e. The third-order valence-electron chi connectivity index (χ3n) is 0.494. The maximum absolute atomic E-state index is 9.58. The molecule has 1 amide bonds. The first-order valence-corrected chi connectivity index (χ1v) is 1.88. The van der Waals surface area contributed by atoms with Crippen LogP contribution in [0.2, 0.25) is 0 Å². The zero-order chi connectivity index (χ0) is 5.70. The van der Waals surface area contributed by atoms with Crippen LogP contribution in [0.5, 0.6) is 0 Å². The highest BCUT2D eigenvalue weighted by molar-refractivity contribution is 5.45. The van der Waals surface area contributed by atoms with Crippen molar-refractivity contribution in [3.8, 4) is 0 Å². The number of carbonyl (C=O) groups excluding carboxylic acids is 1. The Kier molecular flexibility index (Phi) is 3.26. The zero-order valence-corrected chi connectivity index (χ0v) is 3.87. The molecule has 0 heterocycles. The summed E-state index contributed by atoms with van der Waals surface area (Å²) >= 11 is 0. The fraction of sp³-hybridized carbons (Fsp3) is 0.667. The predicted octanol–water partition coefficient (Wildman–Crippen LogP) is -1.69. The molecule has 0 spiro atoms. The van der Waals surface area contributed by atoms with Crippen LogP contribution in [0.25, 0.3) is 0 Å². The van der Waals surface area contributed by atoms with Crippen LogP contribution in [0.15, 0.2) is 0 Å². The first-order valence-electron chi connectivity index (χ1n) is 1.88. The molecule has 0 aliphatic heterocycles. The van der Waals surface area contributed by atoms with Gasteiger partial charge in [-0.25, -0.2) is 5.84 Å². The largest absolute Gasteiger partial charge is 0.394 e. The second-order valence-corrected chi connectivity index (χ2v) is 1.07. The monoisotopic (exact) mass is 104 g/mol. The molecule has 42 valence electrons. The van der Waals surface area contributed by atoms with Crippen molar-refractivity contribution in [1.29, 1.82) is 0 Å². The summed E-state index contributed by atoms with van der Waals surface area (Å²) in [5, 5.41) is 8.96. The summed E-state index contributed by atoms with van der Waals surface area (Å²) in [6.07, 6.45) is 0.455. The maximum atomic E-state index is 9.58. The van der Waals surface area contributed by atoms with Gasteiger partial charge in [0.25, 0.3) is 0 Å². The first-order chi connectivity index (χ1) is 3.31. The standard InChI is InChI=1S/C3H8N2O2/c4-5(3-7)1-2-6/h3,6H,1-2,4H2. The lowest BCUT2D eigenvalue weighted by Crippen LogP contribution is -2.31. The summed E-state index contributed by atoms with van der Waals surface area (Å²) in [5.74, 6) is 4.89. The predicted molar refractivity (Wildman–Crippen MR) is 24.0 cm³/mol. The topological polar surface area (TPSA) is 66.6 Å². The van der Waals surface area contributed by atoms with E-state index in [9.17, 15) is 4.79 Å². The Morgan fingerprint density at radius 1 is 1.86 bits per heavy atom.